The zero-order chi connectivity index (χ0) is 39.3. The summed E-state index contributed by atoms with van der Waals surface area (Å²) in [5.74, 6) is 0.720. The lowest BCUT2D eigenvalue weighted by Gasteiger charge is -2.13. The van der Waals surface area contributed by atoms with Gasteiger partial charge in [-0.3, -0.25) is 0 Å². The number of hydrogen-bond acceptors (Lipinski definition) is 2. The molecule has 0 unspecified atom stereocenters. The third kappa shape index (κ3) is 4.79. The van der Waals surface area contributed by atoms with E-state index in [1.165, 1.54) is 71.1 Å². The predicted octanol–water partition coefficient (Wildman–Crippen LogP) is 14.5. The minimum Gasteiger partial charge on any atom is -0.309 e. The first-order valence-corrected chi connectivity index (χ1v) is 20.5. The number of fused-ring (bicyclic) bond motifs is 9. The molecule has 4 nitrogen and oxygen atoms in total. The van der Waals surface area contributed by atoms with Gasteiger partial charge in [0.25, 0.3) is 0 Å². The average molecular weight is 763 g/mol. The highest BCUT2D eigenvalue weighted by Crippen LogP contribution is 2.50. The Hall–Kier alpha value is -8.08. The van der Waals surface area contributed by atoms with Gasteiger partial charge in [-0.1, -0.05) is 140 Å². The summed E-state index contributed by atoms with van der Waals surface area (Å²) in [5, 5.41) is 7.42. The number of para-hydroxylation sites is 3. The van der Waals surface area contributed by atoms with Crippen LogP contribution in [0.4, 0.5) is 0 Å². The summed E-state index contributed by atoms with van der Waals surface area (Å²) >= 11 is 0. The van der Waals surface area contributed by atoms with Gasteiger partial charge in [0, 0.05) is 55.2 Å². The molecule has 0 N–H and O–H groups in total. The van der Waals surface area contributed by atoms with Gasteiger partial charge in [0.2, 0.25) is 0 Å². The Morgan fingerprint density at radius 1 is 0.317 bits per heavy atom. The van der Waals surface area contributed by atoms with Gasteiger partial charge in [-0.2, -0.15) is 0 Å². The molecule has 0 radical (unpaired) electrons. The quantitative estimate of drug-likeness (QED) is 0.175. The van der Waals surface area contributed by atoms with Crippen molar-refractivity contribution in [1.82, 2.24) is 19.1 Å². The molecule has 0 saturated carbocycles. The second-order valence-corrected chi connectivity index (χ2v) is 15.7. The highest BCUT2D eigenvalue weighted by molar-refractivity contribution is 6.17. The Morgan fingerprint density at radius 2 is 0.867 bits per heavy atom. The molecule has 60 heavy (non-hydrogen) atoms. The summed E-state index contributed by atoms with van der Waals surface area (Å²) in [6.07, 6.45) is 0. The largest absolute Gasteiger partial charge is 0.309 e. The zero-order valence-electron chi connectivity index (χ0n) is 32.4. The van der Waals surface area contributed by atoms with Gasteiger partial charge in [0.05, 0.1) is 33.5 Å². The van der Waals surface area contributed by atoms with Gasteiger partial charge in [-0.25, -0.2) is 9.97 Å². The zero-order valence-corrected chi connectivity index (χ0v) is 32.4. The van der Waals surface area contributed by atoms with E-state index < -0.39 is 0 Å². The van der Waals surface area contributed by atoms with E-state index in [0.717, 1.165) is 50.8 Å². The van der Waals surface area contributed by atoms with Crippen molar-refractivity contribution < 1.29 is 0 Å². The van der Waals surface area contributed by atoms with E-state index in [4.69, 9.17) is 9.97 Å². The van der Waals surface area contributed by atoms with E-state index >= 15 is 0 Å². The average Bonchev–Trinajstić information content (AvgIpc) is 3.95. The van der Waals surface area contributed by atoms with Crippen LogP contribution < -0.4 is 0 Å². The molecular formula is C56H34N4. The van der Waals surface area contributed by atoms with E-state index in [1.807, 2.05) is 0 Å². The Kier molecular flexibility index (Phi) is 6.98. The lowest BCUT2D eigenvalue weighted by molar-refractivity contribution is 1.17. The third-order valence-corrected chi connectivity index (χ3v) is 12.5. The molecule has 0 bridgehead atoms. The van der Waals surface area contributed by atoms with E-state index in [1.54, 1.807) is 0 Å². The van der Waals surface area contributed by atoms with E-state index in [-0.39, 0.29) is 0 Å². The van der Waals surface area contributed by atoms with Crippen molar-refractivity contribution in [3.05, 3.63) is 206 Å². The molecule has 0 aliphatic heterocycles. The minimum atomic E-state index is 0.720. The smallest absolute Gasteiger partial charge is 0.160 e. The molecule has 1 aliphatic rings. The molecular weight excluding hydrogens is 729 g/mol. The molecule has 278 valence electrons. The summed E-state index contributed by atoms with van der Waals surface area (Å²) in [7, 11) is 0. The van der Waals surface area contributed by atoms with Crippen LogP contribution in [0.15, 0.2) is 206 Å². The van der Waals surface area contributed by atoms with Gasteiger partial charge in [-0.05, 0) is 94.2 Å². The van der Waals surface area contributed by atoms with Crippen LogP contribution in [-0.4, -0.2) is 19.1 Å². The lowest BCUT2D eigenvalue weighted by Crippen LogP contribution is -1.98. The lowest BCUT2D eigenvalue weighted by atomic mass is 9.99. The first kappa shape index (κ1) is 32.9. The summed E-state index contributed by atoms with van der Waals surface area (Å²) in [5.41, 5.74) is 16.8. The van der Waals surface area contributed by atoms with Crippen LogP contribution in [0.5, 0.6) is 0 Å². The molecule has 0 fully saturated rings. The van der Waals surface area contributed by atoms with Crippen LogP contribution in [0.25, 0.3) is 122 Å². The SMILES string of the molecule is c1ccc(-c2nc(-c3ccc(-n4c5ccccc5c5ccc(-c6ccc7c(c6)c6ccccc6n7-c6ccccc6)cc54)cc3)nc3c2-c2cccc4cccc-3c24)cc1. The molecule has 13 rings (SSSR count). The molecule has 3 aromatic heterocycles. The fourth-order valence-corrected chi connectivity index (χ4v) is 9.79. The van der Waals surface area contributed by atoms with E-state index in [0.29, 0.717) is 0 Å². The number of aromatic nitrogens is 4. The molecule has 0 spiro atoms. The van der Waals surface area contributed by atoms with Crippen molar-refractivity contribution in [2.75, 3.05) is 0 Å². The highest BCUT2D eigenvalue weighted by atomic mass is 15.0. The van der Waals surface area contributed by atoms with Crippen molar-refractivity contribution in [3.63, 3.8) is 0 Å². The summed E-state index contributed by atoms with van der Waals surface area (Å²) in [6.45, 7) is 0. The fourth-order valence-electron chi connectivity index (χ4n) is 9.79. The number of benzene rings is 9. The monoisotopic (exact) mass is 762 g/mol. The fraction of sp³-hybridized carbons (Fsp3) is 0. The van der Waals surface area contributed by atoms with Crippen LogP contribution >= 0.6 is 0 Å². The van der Waals surface area contributed by atoms with E-state index in [2.05, 4.69) is 215 Å². The van der Waals surface area contributed by atoms with Crippen LogP contribution in [0.3, 0.4) is 0 Å². The number of nitrogens with zero attached hydrogens (tertiary/aromatic N) is 4. The summed E-state index contributed by atoms with van der Waals surface area (Å²) < 4.78 is 4.77. The van der Waals surface area contributed by atoms with Crippen molar-refractivity contribution >= 4 is 54.4 Å². The van der Waals surface area contributed by atoms with Crippen LogP contribution in [0.1, 0.15) is 0 Å². The van der Waals surface area contributed by atoms with Crippen LogP contribution in [-0.2, 0) is 0 Å². The van der Waals surface area contributed by atoms with Crippen LogP contribution in [0, 0.1) is 0 Å². The predicted molar refractivity (Wildman–Crippen MR) is 249 cm³/mol. The second-order valence-electron chi connectivity index (χ2n) is 15.7. The molecule has 0 saturated heterocycles. The maximum absolute atomic E-state index is 5.33. The normalized spacial score (nSPS) is 12.0. The summed E-state index contributed by atoms with van der Waals surface area (Å²) in [4.78, 5) is 10.7. The van der Waals surface area contributed by atoms with Crippen molar-refractivity contribution in [2.24, 2.45) is 0 Å². The van der Waals surface area contributed by atoms with Crippen LogP contribution in [0.2, 0.25) is 0 Å². The molecule has 3 heterocycles. The van der Waals surface area contributed by atoms with E-state index in [9.17, 15) is 0 Å². The third-order valence-electron chi connectivity index (χ3n) is 12.5. The molecule has 0 atom stereocenters. The van der Waals surface area contributed by atoms with Gasteiger partial charge in [-0.15, -0.1) is 0 Å². The Balaban J connectivity index is 0.950. The topological polar surface area (TPSA) is 35.6 Å². The standard InChI is InChI=1S/C56H34N4/c1-3-13-36(14-4-1)54-53-45-21-11-15-35-16-12-22-46(52(35)45)55(53)58-56(57-54)37-25-29-41(30-26-37)60-48-23-9-7-19-42(48)44-31-27-39(34-51(44)60)38-28-32-50-47(33-38)43-20-8-10-24-49(43)59(50)40-17-5-2-6-18-40/h1-34H. The Labute approximate surface area is 345 Å². The van der Waals surface area contributed by atoms with Gasteiger partial charge >= 0.3 is 0 Å². The van der Waals surface area contributed by atoms with Crippen molar-refractivity contribution in [2.45, 2.75) is 0 Å². The summed E-state index contributed by atoms with van der Waals surface area (Å²) in [6, 6.07) is 74.3. The highest BCUT2D eigenvalue weighted by Gasteiger charge is 2.28. The molecule has 1 aliphatic carbocycles. The Bertz CT molecular complexity index is 3680. The maximum Gasteiger partial charge on any atom is 0.160 e. The minimum absolute atomic E-state index is 0.720. The van der Waals surface area contributed by atoms with Crippen molar-refractivity contribution in [3.8, 4) is 67.5 Å². The molecule has 4 heteroatoms. The van der Waals surface area contributed by atoms with Crippen molar-refractivity contribution in [1.29, 1.82) is 0 Å². The molecule has 9 aromatic carbocycles. The maximum atomic E-state index is 5.33. The first-order valence-electron chi connectivity index (χ1n) is 20.5. The second kappa shape index (κ2) is 12.7. The number of rotatable bonds is 5. The van der Waals surface area contributed by atoms with Gasteiger partial charge in [0.15, 0.2) is 5.82 Å². The van der Waals surface area contributed by atoms with Gasteiger partial charge in [0.1, 0.15) is 0 Å². The first-order chi connectivity index (χ1) is 29.8. The molecule has 12 aromatic rings. The molecule has 0 amide bonds. The van der Waals surface area contributed by atoms with Gasteiger partial charge < -0.3 is 9.13 Å². The Morgan fingerprint density at radius 3 is 1.63 bits per heavy atom. The number of hydrogen-bond donors (Lipinski definition) is 0.